The zero-order valence-corrected chi connectivity index (χ0v) is 15.4. The highest BCUT2D eigenvalue weighted by molar-refractivity contribution is 6.30. The van der Waals surface area contributed by atoms with Crippen LogP contribution >= 0.6 is 11.6 Å². The van der Waals surface area contributed by atoms with E-state index in [9.17, 15) is 18.4 Å². The normalized spacial score (nSPS) is 24.4. The van der Waals surface area contributed by atoms with E-state index in [1.165, 1.54) is 11.1 Å². The van der Waals surface area contributed by atoms with Crippen molar-refractivity contribution in [1.82, 2.24) is 20.2 Å². The summed E-state index contributed by atoms with van der Waals surface area (Å²) in [6, 6.07) is 2.50. The minimum absolute atomic E-state index is 0.0573. The molecule has 9 heteroatoms. The van der Waals surface area contributed by atoms with E-state index in [1.54, 1.807) is 19.1 Å². The summed E-state index contributed by atoms with van der Waals surface area (Å²) in [6.45, 7) is 2.13. The second kappa shape index (κ2) is 6.15. The van der Waals surface area contributed by atoms with Gasteiger partial charge in [0.1, 0.15) is 16.9 Å². The SMILES string of the molecule is CC[C@@H](NC(=O)c1cc2cc(Cl)ncc2[nH]1)C(=O)N1CC[C@@]2(C1)CC2(F)F. The molecule has 2 aromatic rings. The van der Waals surface area contributed by atoms with Gasteiger partial charge in [0.15, 0.2) is 0 Å². The second-order valence-corrected chi connectivity index (χ2v) is 7.77. The Morgan fingerprint density at radius 2 is 2.19 bits per heavy atom. The first-order valence-electron chi connectivity index (χ1n) is 8.86. The number of amides is 2. The van der Waals surface area contributed by atoms with Crippen LogP contribution in [-0.4, -0.2) is 51.7 Å². The summed E-state index contributed by atoms with van der Waals surface area (Å²) in [6.07, 6.45) is 2.05. The standard InChI is InChI=1S/C18H19ClF2N4O2/c1-2-11(16(27)25-4-3-17(9-25)8-18(17,20)21)24-15(26)12-5-10-6-14(19)22-7-13(10)23-12/h5-7,11,23H,2-4,8-9H2,1H3,(H,24,26)/t11-,17+/m1/s1. The highest BCUT2D eigenvalue weighted by Crippen LogP contribution is 2.65. The van der Waals surface area contributed by atoms with Crippen LogP contribution in [0.15, 0.2) is 18.3 Å². The Morgan fingerprint density at radius 1 is 1.44 bits per heavy atom. The maximum Gasteiger partial charge on any atom is 0.268 e. The van der Waals surface area contributed by atoms with Crippen molar-refractivity contribution in [2.75, 3.05) is 13.1 Å². The number of carbonyl (C=O) groups is 2. The number of aromatic amines is 1. The third kappa shape index (κ3) is 3.05. The molecule has 3 heterocycles. The summed E-state index contributed by atoms with van der Waals surface area (Å²) < 4.78 is 27.1. The Balaban J connectivity index is 1.45. The van der Waals surface area contributed by atoms with Gasteiger partial charge in [-0.3, -0.25) is 9.59 Å². The molecule has 0 unspecified atom stereocenters. The number of halogens is 3. The van der Waals surface area contributed by atoms with Crippen molar-refractivity contribution in [2.24, 2.45) is 5.41 Å². The predicted octanol–water partition coefficient (Wildman–Crippen LogP) is 2.98. The summed E-state index contributed by atoms with van der Waals surface area (Å²) >= 11 is 5.85. The number of fused-ring (bicyclic) bond motifs is 1. The molecule has 0 bridgehead atoms. The van der Waals surface area contributed by atoms with Crippen LogP contribution in [0, 0.1) is 5.41 Å². The van der Waals surface area contributed by atoms with Gasteiger partial charge in [-0.05, 0) is 25.0 Å². The molecule has 0 aromatic carbocycles. The summed E-state index contributed by atoms with van der Waals surface area (Å²) in [4.78, 5) is 33.6. The third-order valence-corrected chi connectivity index (χ3v) is 5.81. The lowest BCUT2D eigenvalue weighted by Gasteiger charge is -2.23. The molecule has 1 saturated heterocycles. The van der Waals surface area contributed by atoms with E-state index in [0.717, 1.165) is 5.39 Å². The number of carbonyl (C=O) groups excluding carboxylic acids is 2. The third-order valence-electron chi connectivity index (χ3n) is 5.60. The van der Waals surface area contributed by atoms with Crippen LogP contribution in [-0.2, 0) is 4.79 Å². The molecule has 2 amide bonds. The second-order valence-electron chi connectivity index (χ2n) is 7.38. The highest BCUT2D eigenvalue weighted by Gasteiger charge is 2.73. The predicted molar refractivity (Wildman–Crippen MR) is 95.8 cm³/mol. The number of pyridine rings is 1. The van der Waals surface area contributed by atoms with Crippen molar-refractivity contribution >= 4 is 34.3 Å². The number of H-pyrrole nitrogens is 1. The quantitative estimate of drug-likeness (QED) is 0.780. The van der Waals surface area contributed by atoms with Crippen LogP contribution in [0.2, 0.25) is 5.15 Å². The van der Waals surface area contributed by atoms with Crippen molar-refractivity contribution in [3.63, 3.8) is 0 Å². The molecule has 2 fully saturated rings. The first-order valence-corrected chi connectivity index (χ1v) is 9.24. The molecule has 0 radical (unpaired) electrons. The molecule has 2 atom stereocenters. The summed E-state index contributed by atoms with van der Waals surface area (Å²) in [7, 11) is 0. The lowest BCUT2D eigenvalue weighted by Crippen LogP contribution is -2.47. The van der Waals surface area contributed by atoms with Gasteiger partial charge in [-0.25, -0.2) is 13.8 Å². The van der Waals surface area contributed by atoms with Gasteiger partial charge in [0.2, 0.25) is 5.91 Å². The molecule has 2 N–H and O–H groups in total. The molecule has 4 rings (SSSR count). The van der Waals surface area contributed by atoms with Gasteiger partial charge in [-0.15, -0.1) is 0 Å². The first kappa shape index (κ1) is 18.2. The van der Waals surface area contributed by atoms with E-state index >= 15 is 0 Å². The molecule has 1 aliphatic heterocycles. The van der Waals surface area contributed by atoms with Crippen molar-refractivity contribution in [2.45, 2.75) is 38.2 Å². The van der Waals surface area contributed by atoms with Crippen LogP contribution in [0.1, 0.15) is 36.7 Å². The number of likely N-dealkylation sites (tertiary alicyclic amines) is 1. The van der Waals surface area contributed by atoms with Crippen molar-refractivity contribution in [3.05, 3.63) is 29.2 Å². The molecule has 2 aliphatic rings. The van der Waals surface area contributed by atoms with E-state index in [1.807, 2.05) is 0 Å². The van der Waals surface area contributed by atoms with Gasteiger partial charge in [-0.2, -0.15) is 0 Å². The van der Waals surface area contributed by atoms with Gasteiger partial charge >= 0.3 is 0 Å². The Morgan fingerprint density at radius 3 is 2.81 bits per heavy atom. The first-order chi connectivity index (χ1) is 12.7. The minimum Gasteiger partial charge on any atom is -0.349 e. The van der Waals surface area contributed by atoms with Crippen molar-refractivity contribution in [1.29, 1.82) is 0 Å². The largest absolute Gasteiger partial charge is 0.349 e. The maximum absolute atomic E-state index is 13.5. The fourth-order valence-electron chi connectivity index (χ4n) is 3.81. The minimum atomic E-state index is -2.67. The topological polar surface area (TPSA) is 78.1 Å². The lowest BCUT2D eigenvalue weighted by atomic mass is 10.1. The molecule has 6 nitrogen and oxygen atoms in total. The number of hydrogen-bond acceptors (Lipinski definition) is 3. The Bertz CT molecular complexity index is 931. The Hall–Kier alpha value is -2.22. The fraction of sp³-hybridized carbons (Fsp3) is 0.500. The molecule has 2 aromatic heterocycles. The van der Waals surface area contributed by atoms with Gasteiger partial charge in [0.05, 0.1) is 17.1 Å². The molecule has 1 aliphatic carbocycles. The number of rotatable bonds is 4. The smallest absolute Gasteiger partial charge is 0.268 e. The molecule has 1 saturated carbocycles. The molecule has 144 valence electrons. The van der Waals surface area contributed by atoms with E-state index in [0.29, 0.717) is 30.1 Å². The Labute approximate surface area is 159 Å². The highest BCUT2D eigenvalue weighted by atomic mass is 35.5. The zero-order chi connectivity index (χ0) is 19.4. The van der Waals surface area contributed by atoms with Gasteiger partial charge in [0.25, 0.3) is 11.8 Å². The summed E-state index contributed by atoms with van der Waals surface area (Å²) in [5.74, 6) is -3.42. The van der Waals surface area contributed by atoms with Crippen LogP contribution < -0.4 is 5.32 Å². The Kier molecular flexibility index (Phi) is 4.14. The van der Waals surface area contributed by atoms with E-state index in [2.05, 4.69) is 15.3 Å². The van der Waals surface area contributed by atoms with Crippen molar-refractivity contribution < 1.29 is 18.4 Å². The van der Waals surface area contributed by atoms with Gasteiger partial charge < -0.3 is 15.2 Å². The number of hydrogen-bond donors (Lipinski definition) is 2. The molecule has 1 spiro atoms. The summed E-state index contributed by atoms with van der Waals surface area (Å²) in [5.41, 5.74) is -0.109. The van der Waals surface area contributed by atoms with Gasteiger partial charge in [0, 0.05) is 24.9 Å². The average Bonchev–Trinajstić information content (AvgIpc) is 3.01. The van der Waals surface area contributed by atoms with E-state index in [4.69, 9.17) is 11.6 Å². The van der Waals surface area contributed by atoms with Crippen molar-refractivity contribution in [3.8, 4) is 0 Å². The fourth-order valence-corrected chi connectivity index (χ4v) is 3.97. The monoisotopic (exact) mass is 396 g/mol. The molecular weight excluding hydrogens is 378 g/mol. The number of nitrogens with one attached hydrogen (secondary N) is 2. The van der Waals surface area contributed by atoms with E-state index in [-0.39, 0.29) is 24.6 Å². The van der Waals surface area contributed by atoms with Crippen LogP contribution in [0.25, 0.3) is 10.9 Å². The maximum atomic E-state index is 13.5. The number of alkyl halides is 2. The molecule has 27 heavy (non-hydrogen) atoms. The molecular formula is C18H19ClF2N4O2. The van der Waals surface area contributed by atoms with E-state index < -0.39 is 23.3 Å². The average molecular weight is 397 g/mol. The summed E-state index contributed by atoms with van der Waals surface area (Å²) in [5, 5.41) is 3.75. The van der Waals surface area contributed by atoms with Crippen LogP contribution in [0.3, 0.4) is 0 Å². The number of aromatic nitrogens is 2. The lowest BCUT2D eigenvalue weighted by molar-refractivity contribution is -0.132. The van der Waals surface area contributed by atoms with Crippen LogP contribution in [0.4, 0.5) is 8.78 Å². The van der Waals surface area contributed by atoms with Gasteiger partial charge in [-0.1, -0.05) is 18.5 Å². The number of nitrogens with zero attached hydrogens (tertiary/aromatic N) is 2. The van der Waals surface area contributed by atoms with Crippen LogP contribution in [0.5, 0.6) is 0 Å². The zero-order valence-electron chi connectivity index (χ0n) is 14.7.